The summed E-state index contributed by atoms with van der Waals surface area (Å²) >= 11 is 3.37. The van der Waals surface area contributed by atoms with Gasteiger partial charge in [-0.1, -0.05) is 0 Å². The van der Waals surface area contributed by atoms with Gasteiger partial charge >= 0.3 is 0 Å². The van der Waals surface area contributed by atoms with Crippen molar-refractivity contribution in [3.63, 3.8) is 0 Å². The Morgan fingerprint density at radius 3 is 3.00 bits per heavy atom. The number of aromatic nitrogens is 5. The molecule has 3 rings (SSSR count). The molecule has 0 saturated heterocycles. The first-order valence-electron chi connectivity index (χ1n) is 5.17. The molecule has 0 aliphatic carbocycles. The first-order chi connectivity index (χ1) is 8.75. The maximum Gasteiger partial charge on any atom is 0.234 e. The molecular weight excluding hydrogens is 298 g/mol. The van der Waals surface area contributed by atoms with Gasteiger partial charge in [0.15, 0.2) is 5.65 Å². The summed E-state index contributed by atoms with van der Waals surface area (Å²) in [6, 6.07) is 3.61. The molecule has 0 atom stereocenters. The molecule has 0 bridgehead atoms. The second-order valence-corrected chi connectivity index (χ2v) is 4.33. The zero-order chi connectivity index (χ0) is 12.5. The van der Waals surface area contributed by atoms with E-state index in [9.17, 15) is 0 Å². The Morgan fingerprint density at radius 2 is 2.22 bits per heavy atom. The van der Waals surface area contributed by atoms with E-state index in [0.29, 0.717) is 21.9 Å². The Morgan fingerprint density at radius 1 is 1.33 bits per heavy atom. The fourth-order valence-corrected chi connectivity index (χ4v) is 2.20. The van der Waals surface area contributed by atoms with Crippen LogP contribution in [-0.2, 0) is 7.05 Å². The van der Waals surface area contributed by atoms with Crippen LogP contribution in [0.15, 0.2) is 35.5 Å². The van der Waals surface area contributed by atoms with Crippen LogP contribution in [-0.4, -0.2) is 24.7 Å². The third-order valence-corrected chi connectivity index (χ3v) is 2.95. The Labute approximate surface area is 111 Å². The summed E-state index contributed by atoms with van der Waals surface area (Å²) in [5.74, 6) is 1.07. The van der Waals surface area contributed by atoms with E-state index in [1.54, 1.807) is 23.1 Å². The lowest BCUT2D eigenvalue weighted by molar-refractivity contribution is 0.466. The molecule has 3 heterocycles. The van der Waals surface area contributed by atoms with E-state index < -0.39 is 0 Å². The van der Waals surface area contributed by atoms with Crippen LogP contribution < -0.4 is 4.74 Å². The van der Waals surface area contributed by atoms with Crippen LogP contribution in [0.25, 0.3) is 11.0 Å². The lowest BCUT2D eigenvalue weighted by Gasteiger charge is -2.04. The summed E-state index contributed by atoms with van der Waals surface area (Å²) in [5.41, 5.74) is 0.704. The number of pyridine rings is 1. The molecule has 0 fully saturated rings. The van der Waals surface area contributed by atoms with Gasteiger partial charge in [-0.2, -0.15) is 5.10 Å². The number of hydrogen-bond donors (Lipinski definition) is 0. The molecule has 0 unspecified atom stereocenters. The van der Waals surface area contributed by atoms with Crippen molar-refractivity contribution in [2.24, 2.45) is 7.05 Å². The van der Waals surface area contributed by atoms with Crippen molar-refractivity contribution in [3.05, 3.63) is 35.5 Å². The smallest absolute Gasteiger partial charge is 0.234 e. The number of aryl methyl sites for hydroxylation is 1. The quantitative estimate of drug-likeness (QED) is 0.727. The minimum absolute atomic E-state index is 0.452. The molecule has 18 heavy (non-hydrogen) atoms. The Balaban J connectivity index is 2.12. The van der Waals surface area contributed by atoms with Crippen LogP contribution in [0.1, 0.15) is 0 Å². The Bertz CT molecular complexity index is 697. The van der Waals surface area contributed by atoms with Crippen LogP contribution >= 0.6 is 15.9 Å². The van der Waals surface area contributed by atoms with Crippen LogP contribution in [0.3, 0.4) is 0 Å². The van der Waals surface area contributed by atoms with Gasteiger partial charge in [0.2, 0.25) is 5.88 Å². The number of rotatable bonds is 2. The highest BCUT2D eigenvalue weighted by atomic mass is 79.9. The van der Waals surface area contributed by atoms with Crippen LogP contribution in [0.4, 0.5) is 0 Å². The van der Waals surface area contributed by atoms with Crippen molar-refractivity contribution < 1.29 is 4.74 Å². The van der Waals surface area contributed by atoms with Gasteiger partial charge in [0.1, 0.15) is 22.1 Å². The van der Waals surface area contributed by atoms with E-state index in [0.717, 1.165) is 5.39 Å². The van der Waals surface area contributed by atoms with Crippen molar-refractivity contribution in [1.82, 2.24) is 24.7 Å². The average Bonchev–Trinajstić information content (AvgIpc) is 2.67. The maximum atomic E-state index is 5.69. The van der Waals surface area contributed by atoms with Crippen molar-refractivity contribution in [2.45, 2.75) is 0 Å². The van der Waals surface area contributed by atoms with E-state index in [2.05, 4.69) is 36.0 Å². The van der Waals surface area contributed by atoms with E-state index in [-0.39, 0.29) is 0 Å². The normalized spacial score (nSPS) is 10.8. The first-order valence-corrected chi connectivity index (χ1v) is 5.96. The lowest BCUT2D eigenvalue weighted by atomic mass is 10.4. The third kappa shape index (κ3) is 1.82. The van der Waals surface area contributed by atoms with Crippen LogP contribution in [0.5, 0.6) is 11.6 Å². The lowest BCUT2D eigenvalue weighted by Crippen LogP contribution is -1.94. The van der Waals surface area contributed by atoms with Gasteiger partial charge in [0, 0.05) is 13.2 Å². The summed E-state index contributed by atoms with van der Waals surface area (Å²) in [5, 5.41) is 4.97. The average molecular weight is 306 g/mol. The largest absolute Gasteiger partial charge is 0.436 e. The van der Waals surface area contributed by atoms with Gasteiger partial charge in [-0.15, -0.1) is 0 Å². The highest BCUT2D eigenvalue weighted by Gasteiger charge is 2.14. The predicted octanol–water partition coefficient (Wildman–Crippen LogP) is 2.31. The van der Waals surface area contributed by atoms with Gasteiger partial charge in [-0.05, 0) is 28.1 Å². The monoisotopic (exact) mass is 305 g/mol. The molecule has 6 nitrogen and oxygen atoms in total. The highest BCUT2D eigenvalue weighted by Crippen LogP contribution is 2.31. The number of hydrogen-bond acceptors (Lipinski definition) is 5. The second-order valence-electron chi connectivity index (χ2n) is 3.58. The Kier molecular flexibility index (Phi) is 2.67. The minimum atomic E-state index is 0.452. The van der Waals surface area contributed by atoms with Crippen molar-refractivity contribution in [3.8, 4) is 11.6 Å². The molecule has 0 amide bonds. The first kappa shape index (κ1) is 11.1. The van der Waals surface area contributed by atoms with Crippen molar-refractivity contribution >= 4 is 27.0 Å². The Hall–Kier alpha value is -2.02. The molecule has 0 spiro atoms. The zero-order valence-electron chi connectivity index (χ0n) is 9.41. The molecule has 3 aromatic rings. The third-order valence-electron chi connectivity index (χ3n) is 2.39. The van der Waals surface area contributed by atoms with E-state index >= 15 is 0 Å². The summed E-state index contributed by atoms with van der Waals surface area (Å²) in [4.78, 5) is 12.3. The molecule has 7 heteroatoms. The summed E-state index contributed by atoms with van der Waals surface area (Å²) in [6.45, 7) is 0. The topological polar surface area (TPSA) is 65.7 Å². The van der Waals surface area contributed by atoms with Gasteiger partial charge in [0.25, 0.3) is 0 Å². The maximum absolute atomic E-state index is 5.69. The van der Waals surface area contributed by atoms with Crippen molar-refractivity contribution in [2.75, 3.05) is 0 Å². The number of fused-ring (bicyclic) bond motifs is 1. The fourth-order valence-electron chi connectivity index (χ4n) is 1.61. The minimum Gasteiger partial charge on any atom is -0.436 e. The summed E-state index contributed by atoms with van der Waals surface area (Å²) < 4.78 is 8.01. The summed E-state index contributed by atoms with van der Waals surface area (Å²) in [7, 11) is 1.81. The summed E-state index contributed by atoms with van der Waals surface area (Å²) in [6.07, 6.45) is 4.75. The van der Waals surface area contributed by atoms with E-state index in [1.165, 1.54) is 6.33 Å². The van der Waals surface area contributed by atoms with Crippen LogP contribution in [0.2, 0.25) is 0 Å². The van der Waals surface area contributed by atoms with E-state index in [4.69, 9.17) is 4.74 Å². The molecule has 0 aliphatic heterocycles. The number of nitrogens with zero attached hydrogens (tertiary/aromatic N) is 5. The molecule has 90 valence electrons. The van der Waals surface area contributed by atoms with Crippen molar-refractivity contribution in [1.29, 1.82) is 0 Å². The van der Waals surface area contributed by atoms with E-state index in [1.807, 2.05) is 13.1 Å². The fraction of sp³-hybridized carbons (Fsp3) is 0.0909. The number of ether oxygens (including phenoxy) is 1. The molecule has 0 saturated carbocycles. The molecular formula is C11H8BrN5O. The SMILES string of the molecule is Cn1nc(Br)c2c(Oc3cccnc3)ncnc21. The molecule has 0 aliphatic rings. The standard InChI is InChI=1S/C11H8BrN5O/c1-17-10-8(9(12)16-17)11(15-6-14-10)18-7-3-2-4-13-5-7/h2-6H,1H3. The molecule has 0 aromatic carbocycles. The van der Waals surface area contributed by atoms with Gasteiger partial charge in [-0.25, -0.2) is 14.6 Å². The highest BCUT2D eigenvalue weighted by molar-refractivity contribution is 9.10. The predicted molar refractivity (Wildman–Crippen MR) is 68.3 cm³/mol. The molecule has 3 aromatic heterocycles. The van der Waals surface area contributed by atoms with Crippen LogP contribution in [0, 0.1) is 0 Å². The number of halogens is 1. The molecule has 0 N–H and O–H groups in total. The van der Waals surface area contributed by atoms with Gasteiger partial charge < -0.3 is 4.74 Å². The molecule has 0 radical (unpaired) electrons. The van der Waals surface area contributed by atoms with Gasteiger partial charge in [-0.3, -0.25) is 4.98 Å². The van der Waals surface area contributed by atoms with Gasteiger partial charge in [0.05, 0.1) is 6.20 Å². The zero-order valence-corrected chi connectivity index (χ0v) is 11.0. The second kappa shape index (κ2) is 4.34.